The van der Waals surface area contributed by atoms with E-state index in [-0.39, 0.29) is 0 Å². The largest absolute Gasteiger partial charge is 0.497 e. The molecule has 1 atom stereocenters. The molecule has 25 heavy (non-hydrogen) atoms. The summed E-state index contributed by atoms with van der Waals surface area (Å²) in [5.41, 5.74) is 1.41. The topological polar surface area (TPSA) is 49.9 Å². The molecule has 0 spiro atoms. The van der Waals surface area contributed by atoms with Gasteiger partial charge >= 0.3 is 0 Å². The summed E-state index contributed by atoms with van der Waals surface area (Å²) < 4.78 is 31.4. The zero-order valence-electron chi connectivity index (χ0n) is 15.1. The van der Waals surface area contributed by atoms with E-state index >= 15 is 0 Å². The molecule has 0 radical (unpaired) electrons. The minimum absolute atomic E-state index is 0.337. The van der Waals surface area contributed by atoms with Crippen LogP contribution in [-0.2, 0) is 9.84 Å². The maximum Gasteiger partial charge on any atom is 0.210 e. The molecule has 6 heteroatoms. The van der Waals surface area contributed by atoms with Crippen LogP contribution in [-0.4, -0.2) is 47.6 Å². The van der Waals surface area contributed by atoms with Crippen molar-refractivity contribution in [3.8, 4) is 5.75 Å². The van der Waals surface area contributed by atoms with Crippen LogP contribution in [0.5, 0.6) is 5.75 Å². The summed E-state index contributed by atoms with van der Waals surface area (Å²) in [5.74, 6) is 1.02. The number of fused-ring (bicyclic) bond motifs is 2. The monoisotopic (exact) mass is 360 g/mol. The Labute approximate surface area is 149 Å². The van der Waals surface area contributed by atoms with Crippen molar-refractivity contribution in [1.29, 1.82) is 0 Å². The van der Waals surface area contributed by atoms with E-state index in [2.05, 4.69) is 16.7 Å². The molecule has 5 nitrogen and oxygen atoms in total. The Kier molecular flexibility index (Phi) is 4.75. The molecular weight excluding hydrogens is 336 g/mol. The zero-order valence-corrected chi connectivity index (χ0v) is 15.9. The Morgan fingerprint density at radius 2 is 1.76 bits per heavy atom. The van der Waals surface area contributed by atoms with Crippen LogP contribution >= 0.6 is 0 Å². The standard InChI is InChI=1S/C19H24N2O3S/c1-14(12-20(2)3)13-21-16-7-5-6-8-18(16)25(22,23)19-10-9-15(24-4)11-17(19)21/h5-11,14H,12-13H2,1-4H3/t14-/m1/s1. The van der Waals surface area contributed by atoms with Gasteiger partial charge in [-0.15, -0.1) is 0 Å². The van der Waals surface area contributed by atoms with Crippen LogP contribution in [0, 0.1) is 5.92 Å². The Hall–Kier alpha value is -2.05. The number of sulfone groups is 1. The third-order valence-corrected chi connectivity index (χ3v) is 6.21. The molecule has 1 aliphatic heterocycles. The summed E-state index contributed by atoms with van der Waals surface area (Å²) in [6.45, 7) is 3.82. The van der Waals surface area contributed by atoms with Gasteiger partial charge in [0.15, 0.2) is 0 Å². The molecule has 1 aliphatic rings. The average molecular weight is 360 g/mol. The fraction of sp³-hybridized carbons (Fsp3) is 0.368. The van der Waals surface area contributed by atoms with Crippen molar-refractivity contribution in [1.82, 2.24) is 4.90 Å². The number of nitrogens with zero attached hydrogens (tertiary/aromatic N) is 2. The highest BCUT2D eigenvalue weighted by Gasteiger charge is 2.34. The van der Waals surface area contributed by atoms with Gasteiger partial charge in [-0.3, -0.25) is 0 Å². The predicted molar refractivity (Wildman–Crippen MR) is 99.6 cm³/mol. The molecule has 0 aromatic heterocycles. The third-order valence-electron chi connectivity index (χ3n) is 4.36. The lowest BCUT2D eigenvalue weighted by Gasteiger charge is -2.35. The number of para-hydroxylation sites is 1. The molecule has 1 heterocycles. The molecule has 0 N–H and O–H groups in total. The lowest BCUT2D eigenvalue weighted by Crippen LogP contribution is -2.33. The number of methoxy groups -OCH3 is 1. The van der Waals surface area contributed by atoms with Gasteiger partial charge < -0.3 is 14.5 Å². The van der Waals surface area contributed by atoms with Crippen LogP contribution in [0.15, 0.2) is 52.3 Å². The van der Waals surface area contributed by atoms with E-state index < -0.39 is 9.84 Å². The predicted octanol–water partition coefficient (Wildman–Crippen LogP) is 3.18. The highest BCUT2D eigenvalue weighted by Crippen LogP contribution is 2.45. The van der Waals surface area contributed by atoms with Gasteiger partial charge in [-0.25, -0.2) is 8.42 Å². The fourth-order valence-corrected chi connectivity index (χ4v) is 5.05. The lowest BCUT2D eigenvalue weighted by atomic mass is 10.1. The Balaban J connectivity index is 2.15. The van der Waals surface area contributed by atoms with Crippen LogP contribution in [0.2, 0.25) is 0 Å². The van der Waals surface area contributed by atoms with Gasteiger partial charge in [0.2, 0.25) is 9.84 Å². The van der Waals surface area contributed by atoms with Crippen molar-refractivity contribution in [3.05, 3.63) is 42.5 Å². The molecule has 0 saturated carbocycles. The maximum absolute atomic E-state index is 13.0. The van der Waals surface area contributed by atoms with Crippen molar-refractivity contribution < 1.29 is 13.2 Å². The molecule has 0 amide bonds. The van der Waals surface area contributed by atoms with Gasteiger partial charge in [0.1, 0.15) is 5.75 Å². The molecule has 3 rings (SSSR count). The Morgan fingerprint density at radius 1 is 1.08 bits per heavy atom. The first-order valence-electron chi connectivity index (χ1n) is 8.29. The maximum atomic E-state index is 13.0. The summed E-state index contributed by atoms with van der Waals surface area (Å²) in [6.07, 6.45) is 0. The van der Waals surface area contributed by atoms with Gasteiger partial charge in [-0.05, 0) is 44.3 Å². The Bertz CT molecular complexity index is 878. The first-order chi connectivity index (χ1) is 11.8. The summed E-state index contributed by atoms with van der Waals surface area (Å²) in [7, 11) is 2.15. The first kappa shape index (κ1) is 17.8. The second-order valence-electron chi connectivity index (χ2n) is 6.78. The lowest BCUT2D eigenvalue weighted by molar-refractivity contribution is 0.342. The minimum Gasteiger partial charge on any atom is -0.497 e. The van der Waals surface area contributed by atoms with E-state index in [9.17, 15) is 8.42 Å². The van der Waals surface area contributed by atoms with Gasteiger partial charge in [-0.1, -0.05) is 19.1 Å². The molecule has 2 aromatic carbocycles. The minimum atomic E-state index is -3.53. The highest BCUT2D eigenvalue weighted by atomic mass is 32.2. The number of hydrogen-bond donors (Lipinski definition) is 0. The van der Waals surface area contributed by atoms with Gasteiger partial charge in [0.25, 0.3) is 0 Å². The van der Waals surface area contributed by atoms with Crippen molar-refractivity contribution >= 4 is 21.2 Å². The molecular formula is C19H24N2O3S. The molecule has 0 unspecified atom stereocenters. The van der Waals surface area contributed by atoms with Crippen molar-refractivity contribution in [2.45, 2.75) is 16.7 Å². The van der Waals surface area contributed by atoms with Crippen molar-refractivity contribution in [3.63, 3.8) is 0 Å². The van der Waals surface area contributed by atoms with Gasteiger partial charge in [0.05, 0.1) is 28.3 Å². The molecule has 2 aromatic rings. The molecule has 0 bridgehead atoms. The molecule has 0 fully saturated rings. The SMILES string of the molecule is COc1ccc2c(c1)N(C[C@H](C)CN(C)C)c1ccccc1S2(=O)=O. The molecule has 0 aliphatic carbocycles. The molecule has 134 valence electrons. The second-order valence-corrected chi connectivity index (χ2v) is 8.67. The van der Waals surface area contributed by atoms with E-state index in [4.69, 9.17) is 4.74 Å². The van der Waals surface area contributed by atoms with E-state index in [1.807, 2.05) is 32.3 Å². The number of anilines is 2. The molecule has 0 saturated heterocycles. The quantitative estimate of drug-likeness (QED) is 0.820. The van der Waals surface area contributed by atoms with E-state index in [1.54, 1.807) is 31.4 Å². The van der Waals surface area contributed by atoms with Crippen LogP contribution in [0.4, 0.5) is 11.4 Å². The summed E-state index contributed by atoms with van der Waals surface area (Å²) in [6, 6.07) is 12.4. The number of benzene rings is 2. The second kappa shape index (κ2) is 6.69. The van der Waals surface area contributed by atoms with E-state index in [0.29, 0.717) is 27.1 Å². The van der Waals surface area contributed by atoms with Crippen LogP contribution in [0.3, 0.4) is 0 Å². The summed E-state index contributed by atoms with van der Waals surface area (Å²) in [5, 5.41) is 0. The fourth-order valence-electron chi connectivity index (χ4n) is 3.41. The first-order valence-corrected chi connectivity index (χ1v) is 9.77. The van der Waals surface area contributed by atoms with Crippen LogP contribution in [0.1, 0.15) is 6.92 Å². The zero-order chi connectivity index (χ0) is 18.2. The van der Waals surface area contributed by atoms with Crippen molar-refractivity contribution in [2.75, 3.05) is 39.2 Å². The normalized spacial score (nSPS) is 16.3. The number of rotatable bonds is 5. The Morgan fingerprint density at radius 3 is 2.44 bits per heavy atom. The van der Waals surface area contributed by atoms with Gasteiger partial charge in [-0.2, -0.15) is 0 Å². The third kappa shape index (κ3) is 3.24. The van der Waals surface area contributed by atoms with Crippen LogP contribution < -0.4 is 9.64 Å². The summed E-state index contributed by atoms with van der Waals surface area (Å²) in [4.78, 5) is 4.94. The van der Waals surface area contributed by atoms with Crippen LogP contribution in [0.25, 0.3) is 0 Å². The van der Waals surface area contributed by atoms with Gasteiger partial charge in [0, 0.05) is 19.2 Å². The van der Waals surface area contributed by atoms with Crippen molar-refractivity contribution in [2.24, 2.45) is 5.92 Å². The average Bonchev–Trinajstić information content (AvgIpc) is 2.57. The van der Waals surface area contributed by atoms with E-state index in [1.165, 1.54) is 0 Å². The number of ether oxygens (including phenoxy) is 1. The smallest absolute Gasteiger partial charge is 0.210 e. The number of hydrogen-bond acceptors (Lipinski definition) is 5. The highest BCUT2D eigenvalue weighted by molar-refractivity contribution is 7.92. The summed E-state index contributed by atoms with van der Waals surface area (Å²) >= 11 is 0. The van der Waals surface area contributed by atoms with E-state index in [0.717, 1.165) is 18.8 Å².